The molecular formula is C21H27BrOSi. The molecule has 0 radical (unpaired) electrons. The minimum Gasteiger partial charge on any atom is -0.409 e. The summed E-state index contributed by atoms with van der Waals surface area (Å²) in [6.07, 6.45) is 1.20. The molecule has 0 heterocycles. The highest BCUT2D eigenvalue weighted by molar-refractivity contribution is 9.10. The van der Waals surface area contributed by atoms with Gasteiger partial charge in [-0.3, -0.25) is 0 Å². The van der Waals surface area contributed by atoms with Gasteiger partial charge in [0.05, 0.1) is 6.10 Å². The van der Waals surface area contributed by atoms with Crippen molar-refractivity contribution in [2.45, 2.75) is 57.3 Å². The van der Waals surface area contributed by atoms with Crippen LogP contribution in [0.25, 0.3) is 0 Å². The number of hydrogen-bond donors (Lipinski definition) is 0. The Labute approximate surface area is 155 Å². The van der Waals surface area contributed by atoms with Gasteiger partial charge in [-0.1, -0.05) is 79.2 Å². The fourth-order valence-electron chi connectivity index (χ4n) is 3.23. The number of halogens is 1. The van der Waals surface area contributed by atoms with Crippen molar-refractivity contribution in [2.24, 2.45) is 0 Å². The Morgan fingerprint density at radius 2 is 1.67 bits per heavy atom. The molecule has 0 amide bonds. The molecule has 0 fully saturated rings. The minimum absolute atomic E-state index is 0.154. The molecular weight excluding hydrogens is 376 g/mol. The Morgan fingerprint density at radius 1 is 1.00 bits per heavy atom. The summed E-state index contributed by atoms with van der Waals surface area (Å²) in [6.45, 7) is 11.6. The molecule has 1 aliphatic carbocycles. The second-order valence-corrected chi connectivity index (χ2v) is 13.9. The van der Waals surface area contributed by atoms with Gasteiger partial charge >= 0.3 is 0 Å². The summed E-state index contributed by atoms with van der Waals surface area (Å²) in [7, 11) is -1.85. The lowest BCUT2D eigenvalue weighted by Crippen LogP contribution is -2.42. The molecule has 1 aliphatic rings. The summed E-state index contributed by atoms with van der Waals surface area (Å²) < 4.78 is 8.14. The van der Waals surface area contributed by atoms with Crippen LogP contribution in [0.4, 0.5) is 0 Å². The van der Waals surface area contributed by atoms with E-state index >= 15 is 0 Å². The van der Waals surface area contributed by atoms with E-state index in [2.05, 4.69) is 98.3 Å². The topological polar surface area (TPSA) is 9.23 Å². The van der Waals surface area contributed by atoms with E-state index in [1.54, 1.807) is 0 Å². The van der Waals surface area contributed by atoms with E-state index < -0.39 is 8.32 Å². The molecule has 1 nitrogen and oxygen atoms in total. The third kappa shape index (κ3) is 3.26. The van der Waals surface area contributed by atoms with Crippen molar-refractivity contribution in [1.29, 1.82) is 0 Å². The summed E-state index contributed by atoms with van der Waals surface area (Å²) in [5.41, 5.74) is 4.16. The van der Waals surface area contributed by atoms with Crippen molar-refractivity contribution >= 4 is 24.2 Å². The fraction of sp³-hybridized carbons (Fsp3) is 0.429. The van der Waals surface area contributed by atoms with Crippen LogP contribution in [0.15, 0.2) is 53.0 Å². The lowest BCUT2D eigenvalue weighted by atomic mass is 9.94. The maximum atomic E-state index is 6.93. The zero-order valence-corrected chi connectivity index (χ0v) is 17.9. The standard InChI is InChI=1S/C21H27BrOSi/c1-21(2,3)24(4,5)23-20-16-12-9-13-19(22)18(16)14-17(20)15-10-7-6-8-11-15/h6-13,17,20H,14H2,1-5H3. The van der Waals surface area contributed by atoms with Gasteiger partial charge in [0.25, 0.3) is 0 Å². The Bertz CT molecular complexity index is 718. The summed E-state index contributed by atoms with van der Waals surface area (Å²) in [5.74, 6) is 0.397. The van der Waals surface area contributed by atoms with E-state index in [9.17, 15) is 0 Å². The van der Waals surface area contributed by atoms with Gasteiger partial charge in [0, 0.05) is 10.4 Å². The number of rotatable bonds is 3. The van der Waals surface area contributed by atoms with Crippen LogP contribution in [0.2, 0.25) is 18.1 Å². The number of fused-ring (bicyclic) bond motifs is 1. The van der Waals surface area contributed by atoms with Gasteiger partial charge in [-0.25, -0.2) is 0 Å². The maximum Gasteiger partial charge on any atom is 0.192 e. The van der Waals surface area contributed by atoms with Crippen LogP contribution in [0.3, 0.4) is 0 Å². The van der Waals surface area contributed by atoms with Crippen LogP contribution in [-0.4, -0.2) is 8.32 Å². The maximum absolute atomic E-state index is 6.93. The molecule has 0 saturated carbocycles. The lowest BCUT2D eigenvalue weighted by molar-refractivity contribution is 0.164. The second-order valence-electron chi connectivity index (χ2n) is 8.33. The smallest absolute Gasteiger partial charge is 0.192 e. The highest BCUT2D eigenvalue weighted by Crippen LogP contribution is 2.50. The summed E-state index contributed by atoms with van der Waals surface area (Å²) in [6, 6.07) is 17.4. The zero-order chi connectivity index (χ0) is 17.5. The van der Waals surface area contributed by atoms with Crippen LogP contribution in [-0.2, 0) is 10.8 Å². The number of benzene rings is 2. The molecule has 0 N–H and O–H groups in total. The second kappa shape index (κ2) is 6.43. The van der Waals surface area contributed by atoms with Crippen LogP contribution >= 0.6 is 15.9 Å². The van der Waals surface area contributed by atoms with E-state index in [1.807, 2.05) is 0 Å². The first-order chi connectivity index (χ1) is 11.2. The molecule has 0 spiro atoms. The van der Waals surface area contributed by atoms with Gasteiger partial charge in [-0.05, 0) is 47.3 Å². The molecule has 2 atom stereocenters. The quantitative estimate of drug-likeness (QED) is 0.509. The van der Waals surface area contributed by atoms with E-state index in [-0.39, 0.29) is 11.1 Å². The van der Waals surface area contributed by atoms with Gasteiger partial charge in [0.1, 0.15) is 0 Å². The van der Waals surface area contributed by atoms with Gasteiger partial charge in [-0.15, -0.1) is 0 Å². The zero-order valence-electron chi connectivity index (χ0n) is 15.3. The van der Waals surface area contributed by atoms with Crippen molar-refractivity contribution in [3.8, 4) is 0 Å². The highest BCUT2D eigenvalue weighted by Gasteiger charge is 2.44. The molecule has 3 heteroatoms. The molecule has 2 unspecified atom stereocenters. The Kier molecular flexibility index (Phi) is 4.80. The van der Waals surface area contributed by atoms with Crippen molar-refractivity contribution < 1.29 is 4.43 Å². The third-order valence-electron chi connectivity index (χ3n) is 5.71. The lowest BCUT2D eigenvalue weighted by Gasteiger charge is -2.40. The van der Waals surface area contributed by atoms with Crippen molar-refractivity contribution in [3.63, 3.8) is 0 Å². The summed E-state index contributed by atoms with van der Waals surface area (Å²) >= 11 is 3.75. The van der Waals surface area contributed by atoms with E-state index in [0.29, 0.717) is 5.92 Å². The third-order valence-corrected chi connectivity index (χ3v) is 10.9. The number of hydrogen-bond acceptors (Lipinski definition) is 1. The molecule has 2 aromatic rings. The monoisotopic (exact) mass is 402 g/mol. The first kappa shape index (κ1) is 17.9. The Balaban J connectivity index is 2.03. The molecule has 0 saturated heterocycles. The van der Waals surface area contributed by atoms with Gasteiger partial charge in [-0.2, -0.15) is 0 Å². The first-order valence-electron chi connectivity index (χ1n) is 8.71. The van der Waals surface area contributed by atoms with Crippen molar-refractivity contribution in [3.05, 3.63) is 69.7 Å². The van der Waals surface area contributed by atoms with Gasteiger partial charge < -0.3 is 4.43 Å². The first-order valence-corrected chi connectivity index (χ1v) is 12.4. The minimum atomic E-state index is -1.85. The molecule has 128 valence electrons. The Morgan fingerprint density at radius 3 is 2.29 bits per heavy atom. The van der Waals surface area contributed by atoms with Gasteiger partial charge in [0.2, 0.25) is 0 Å². The van der Waals surface area contributed by atoms with E-state index in [1.165, 1.54) is 21.2 Å². The summed E-state index contributed by atoms with van der Waals surface area (Å²) in [5, 5.41) is 0.211. The molecule has 2 aromatic carbocycles. The molecule has 0 bridgehead atoms. The molecule has 0 aromatic heterocycles. The Hall–Kier alpha value is -0.903. The van der Waals surface area contributed by atoms with Crippen molar-refractivity contribution in [1.82, 2.24) is 0 Å². The molecule has 3 rings (SSSR count). The molecule has 0 aliphatic heterocycles. The predicted molar refractivity (Wildman–Crippen MR) is 108 cm³/mol. The average molecular weight is 403 g/mol. The normalized spacial score (nSPS) is 20.9. The van der Waals surface area contributed by atoms with Crippen LogP contribution in [0, 0.1) is 0 Å². The summed E-state index contributed by atoms with van der Waals surface area (Å²) in [4.78, 5) is 0. The highest BCUT2D eigenvalue weighted by atomic mass is 79.9. The van der Waals surface area contributed by atoms with E-state index in [0.717, 1.165) is 6.42 Å². The average Bonchev–Trinajstić information content (AvgIpc) is 2.87. The SMILES string of the molecule is CC(C)(C)[Si](C)(C)OC1c2cccc(Br)c2CC1c1ccccc1. The van der Waals surface area contributed by atoms with E-state index in [4.69, 9.17) is 4.43 Å². The van der Waals surface area contributed by atoms with Crippen LogP contribution in [0.5, 0.6) is 0 Å². The largest absolute Gasteiger partial charge is 0.409 e. The van der Waals surface area contributed by atoms with Crippen LogP contribution < -0.4 is 0 Å². The van der Waals surface area contributed by atoms with Crippen molar-refractivity contribution in [2.75, 3.05) is 0 Å². The predicted octanol–water partition coefficient (Wildman–Crippen LogP) is 6.85. The fourth-order valence-corrected chi connectivity index (χ4v) is 5.06. The molecule has 24 heavy (non-hydrogen) atoms. The van der Waals surface area contributed by atoms with Crippen LogP contribution in [0.1, 0.15) is 49.5 Å². The van der Waals surface area contributed by atoms with Gasteiger partial charge in [0.15, 0.2) is 8.32 Å².